The summed E-state index contributed by atoms with van der Waals surface area (Å²) < 4.78 is 2.23. The first-order valence-electron chi connectivity index (χ1n) is 4.84. The molecule has 0 bridgehead atoms. The Kier molecular flexibility index (Phi) is 3.90. The third-order valence-corrected chi connectivity index (χ3v) is 2.55. The molecule has 0 saturated heterocycles. The third-order valence-electron chi connectivity index (χ3n) is 2.55. The minimum absolute atomic E-state index is 0. The molecule has 1 aromatic carbocycles. The molecular formula is C12H14INO. The quantitative estimate of drug-likeness (QED) is 0.539. The van der Waals surface area contributed by atoms with Gasteiger partial charge in [-0.15, -0.1) is 0 Å². The number of aromatic nitrogens is 1. The molecule has 0 aliphatic carbocycles. The zero-order valence-corrected chi connectivity index (χ0v) is 11.0. The van der Waals surface area contributed by atoms with E-state index in [1.165, 1.54) is 11.2 Å². The summed E-state index contributed by atoms with van der Waals surface area (Å²) in [6, 6.07) is 9.60. The molecule has 1 aromatic heterocycles. The SMILES string of the molecule is CC[n+]1c(C)ccc2cc(O)ccc21.[I-]. The smallest absolute Gasteiger partial charge is 0.212 e. The number of rotatable bonds is 1. The number of phenolic OH excluding ortho intramolecular Hbond substituents is 1. The molecule has 3 heteroatoms. The van der Waals surface area contributed by atoms with Crippen LogP contribution in [0.2, 0.25) is 0 Å². The molecule has 15 heavy (non-hydrogen) atoms. The highest BCUT2D eigenvalue weighted by Gasteiger charge is 2.09. The normalized spacial score (nSPS) is 10.0. The van der Waals surface area contributed by atoms with Crippen LogP contribution in [0.4, 0.5) is 0 Å². The van der Waals surface area contributed by atoms with Crippen molar-refractivity contribution < 1.29 is 33.7 Å². The van der Waals surface area contributed by atoms with Gasteiger partial charge in [0.2, 0.25) is 5.52 Å². The maximum atomic E-state index is 9.35. The molecular weight excluding hydrogens is 301 g/mol. The Morgan fingerprint density at radius 2 is 1.93 bits per heavy atom. The predicted octanol–water partition coefficient (Wildman–Crippen LogP) is -0.835. The Bertz CT molecular complexity index is 482. The number of benzene rings is 1. The topological polar surface area (TPSA) is 24.1 Å². The summed E-state index contributed by atoms with van der Waals surface area (Å²) in [4.78, 5) is 0. The van der Waals surface area contributed by atoms with E-state index in [9.17, 15) is 5.11 Å². The van der Waals surface area contributed by atoms with Crippen molar-refractivity contribution in [3.8, 4) is 5.75 Å². The fourth-order valence-corrected chi connectivity index (χ4v) is 1.83. The van der Waals surface area contributed by atoms with Crippen molar-refractivity contribution in [1.82, 2.24) is 0 Å². The minimum atomic E-state index is 0. The van der Waals surface area contributed by atoms with Gasteiger partial charge >= 0.3 is 0 Å². The highest BCUT2D eigenvalue weighted by Crippen LogP contribution is 2.17. The van der Waals surface area contributed by atoms with Crippen LogP contribution in [0.15, 0.2) is 30.3 Å². The number of aromatic hydroxyl groups is 1. The summed E-state index contributed by atoms with van der Waals surface area (Å²) in [5.41, 5.74) is 2.41. The average Bonchev–Trinajstić information content (AvgIpc) is 2.18. The van der Waals surface area contributed by atoms with Gasteiger partial charge in [0.05, 0.1) is 5.39 Å². The van der Waals surface area contributed by atoms with Crippen molar-refractivity contribution in [2.75, 3.05) is 0 Å². The van der Waals surface area contributed by atoms with Gasteiger partial charge in [0.25, 0.3) is 0 Å². The van der Waals surface area contributed by atoms with E-state index in [1.807, 2.05) is 12.1 Å². The average molecular weight is 315 g/mol. The van der Waals surface area contributed by atoms with Gasteiger partial charge in [-0.25, -0.2) is 0 Å². The molecule has 0 atom stereocenters. The van der Waals surface area contributed by atoms with Gasteiger partial charge in [-0.2, -0.15) is 4.57 Å². The first-order chi connectivity index (χ1) is 6.72. The summed E-state index contributed by atoms with van der Waals surface area (Å²) in [6.45, 7) is 5.17. The van der Waals surface area contributed by atoms with Crippen molar-refractivity contribution in [2.45, 2.75) is 20.4 Å². The molecule has 0 saturated carbocycles. The highest BCUT2D eigenvalue weighted by atomic mass is 127. The molecule has 2 aromatic rings. The lowest BCUT2D eigenvalue weighted by Gasteiger charge is -2.02. The minimum Gasteiger partial charge on any atom is -1.00 e. The molecule has 0 fully saturated rings. The number of fused-ring (bicyclic) bond motifs is 1. The predicted molar refractivity (Wildman–Crippen MR) is 56.2 cm³/mol. The number of halogens is 1. The summed E-state index contributed by atoms with van der Waals surface area (Å²) in [5, 5.41) is 10.4. The zero-order valence-electron chi connectivity index (χ0n) is 8.87. The molecule has 2 nitrogen and oxygen atoms in total. The third kappa shape index (κ3) is 2.22. The van der Waals surface area contributed by atoms with Crippen molar-refractivity contribution >= 4 is 10.9 Å². The van der Waals surface area contributed by atoms with Gasteiger partial charge in [0.15, 0.2) is 5.69 Å². The molecule has 0 spiro atoms. The second-order valence-corrected chi connectivity index (χ2v) is 3.46. The van der Waals surface area contributed by atoms with Gasteiger partial charge in [0.1, 0.15) is 12.3 Å². The van der Waals surface area contributed by atoms with Crippen molar-refractivity contribution in [3.63, 3.8) is 0 Å². The van der Waals surface area contributed by atoms with Crippen LogP contribution in [-0.4, -0.2) is 5.11 Å². The molecule has 1 heterocycles. The van der Waals surface area contributed by atoms with E-state index in [0.29, 0.717) is 5.75 Å². The molecule has 0 unspecified atom stereocenters. The standard InChI is InChI=1S/C12H13NO.HI/c1-3-13-9(2)4-5-10-8-11(14)6-7-12(10)13;/h4-8H,3H2,1-2H3;1H. The summed E-state index contributed by atoms with van der Waals surface area (Å²) in [7, 11) is 0. The molecule has 1 N–H and O–H groups in total. The van der Waals surface area contributed by atoms with E-state index in [2.05, 4.69) is 24.5 Å². The Balaban J connectivity index is 0.00000112. The van der Waals surface area contributed by atoms with Gasteiger partial charge in [-0.3, -0.25) is 0 Å². The summed E-state index contributed by atoms with van der Waals surface area (Å²) >= 11 is 0. The van der Waals surface area contributed by atoms with Gasteiger partial charge in [-0.05, 0) is 25.1 Å². The lowest BCUT2D eigenvalue weighted by Crippen LogP contribution is -3.00. The number of aryl methyl sites for hydroxylation is 2. The van der Waals surface area contributed by atoms with Gasteiger partial charge in [0, 0.05) is 19.1 Å². The molecule has 0 radical (unpaired) electrons. The van der Waals surface area contributed by atoms with Crippen LogP contribution in [0.25, 0.3) is 10.9 Å². The second-order valence-electron chi connectivity index (χ2n) is 3.46. The largest absolute Gasteiger partial charge is 1.00 e. The van der Waals surface area contributed by atoms with E-state index in [-0.39, 0.29) is 24.0 Å². The number of nitrogens with zero attached hydrogens (tertiary/aromatic N) is 1. The van der Waals surface area contributed by atoms with Crippen LogP contribution in [0.5, 0.6) is 5.75 Å². The van der Waals surface area contributed by atoms with E-state index < -0.39 is 0 Å². The summed E-state index contributed by atoms with van der Waals surface area (Å²) in [6.07, 6.45) is 0. The van der Waals surface area contributed by atoms with Crippen LogP contribution in [0.3, 0.4) is 0 Å². The lowest BCUT2D eigenvalue weighted by atomic mass is 10.2. The van der Waals surface area contributed by atoms with E-state index in [0.717, 1.165) is 11.9 Å². The summed E-state index contributed by atoms with van der Waals surface area (Å²) in [5.74, 6) is 0.323. The van der Waals surface area contributed by atoms with Crippen molar-refractivity contribution in [3.05, 3.63) is 36.0 Å². The molecule has 0 aliphatic rings. The zero-order chi connectivity index (χ0) is 10.1. The molecule has 2 rings (SSSR count). The van der Waals surface area contributed by atoms with Crippen LogP contribution >= 0.6 is 0 Å². The monoisotopic (exact) mass is 315 g/mol. The maximum absolute atomic E-state index is 9.35. The fraction of sp³-hybridized carbons (Fsp3) is 0.250. The first-order valence-corrected chi connectivity index (χ1v) is 4.84. The van der Waals surface area contributed by atoms with Crippen LogP contribution < -0.4 is 28.5 Å². The highest BCUT2D eigenvalue weighted by molar-refractivity contribution is 5.77. The van der Waals surface area contributed by atoms with Crippen LogP contribution in [-0.2, 0) is 6.54 Å². The Hall–Kier alpha value is -0.840. The van der Waals surface area contributed by atoms with Gasteiger partial charge in [-0.1, -0.05) is 0 Å². The van der Waals surface area contributed by atoms with E-state index >= 15 is 0 Å². The number of hydrogen-bond acceptors (Lipinski definition) is 1. The Morgan fingerprint density at radius 3 is 2.60 bits per heavy atom. The Labute approximate surface area is 107 Å². The Morgan fingerprint density at radius 1 is 1.20 bits per heavy atom. The van der Waals surface area contributed by atoms with E-state index in [1.54, 1.807) is 12.1 Å². The van der Waals surface area contributed by atoms with Crippen LogP contribution in [0, 0.1) is 6.92 Å². The van der Waals surface area contributed by atoms with Crippen molar-refractivity contribution in [1.29, 1.82) is 0 Å². The lowest BCUT2D eigenvalue weighted by molar-refractivity contribution is -0.673. The number of pyridine rings is 1. The molecule has 0 aliphatic heterocycles. The fourth-order valence-electron chi connectivity index (χ4n) is 1.83. The van der Waals surface area contributed by atoms with E-state index in [4.69, 9.17) is 0 Å². The first kappa shape index (κ1) is 12.2. The maximum Gasteiger partial charge on any atom is 0.212 e. The van der Waals surface area contributed by atoms with Crippen LogP contribution in [0.1, 0.15) is 12.6 Å². The van der Waals surface area contributed by atoms with Crippen molar-refractivity contribution in [2.24, 2.45) is 0 Å². The number of hydrogen-bond donors (Lipinski definition) is 1. The molecule has 80 valence electrons. The van der Waals surface area contributed by atoms with Gasteiger partial charge < -0.3 is 29.1 Å². The molecule has 0 amide bonds. The number of phenols is 1. The second kappa shape index (κ2) is 4.79.